The predicted molar refractivity (Wildman–Crippen MR) is 103 cm³/mol. The fraction of sp³-hybridized carbons (Fsp3) is 0.158. The first-order valence-corrected chi connectivity index (χ1v) is 9.54. The third-order valence-corrected chi connectivity index (χ3v) is 6.18. The molecule has 0 bridgehead atoms. The summed E-state index contributed by atoms with van der Waals surface area (Å²) in [6, 6.07) is 16.7. The molecule has 3 rings (SSSR count). The van der Waals surface area contributed by atoms with Gasteiger partial charge in [-0.05, 0) is 42.7 Å². The second-order valence-electron chi connectivity index (χ2n) is 6.08. The van der Waals surface area contributed by atoms with E-state index < -0.39 is 15.3 Å². The van der Waals surface area contributed by atoms with Crippen LogP contribution in [0.25, 0.3) is 16.6 Å². The highest BCUT2D eigenvalue weighted by Crippen LogP contribution is 2.29. The number of rotatable bonds is 4. The summed E-state index contributed by atoms with van der Waals surface area (Å²) in [6.45, 7) is 3.19. The molecule has 1 aromatic heterocycles. The molecule has 0 fully saturated rings. The molecule has 0 aliphatic rings. The van der Waals surface area contributed by atoms with Crippen molar-refractivity contribution in [1.82, 2.24) is 8.96 Å². The molecule has 0 aliphatic carbocycles. The average molecular weight is 366 g/mol. The fourth-order valence-corrected chi connectivity index (χ4v) is 3.88. The van der Waals surface area contributed by atoms with Gasteiger partial charge in [0.1, 0.15) is 0 Å². The Morgan fingerprint density at radius 3 is 2.50 bits per heavy atom. The van der Waals surface area contributed by atoms with E-state index in [9.17, 15) is 13.7 Å². The lowest BCUT2D eigenvalue weighted by Crippen LogP contribution is -2.23. The number of nitrogen functional groups attached to an aromatic ring is 1. The Balaban J connectivity index is 2.27. The minimum absolute atomic E-state index is 0.0728. The number of fused-ring (bicyclic) bond motifs is 1. The van der Waals surface area contributed by atoms with Crippen LogP contribution in [0.4, 0.5) is 5.95 Å². The van der Waals surface area contributed by atoms with Crippen molar-refractivity contribution in [3.63, 3.8) is 0 Å². The molecule has 0 amide bonds. The topological polar surface area (TPSA) is 102 Å². The molecule has 1 heterocycles. The molecule has 2 N–H and O–H groups in total. The normalized spacial score (nSPS) is 12.5. The van der Waals surface area contributed by atoms with Crippen molar-refractivity contribution in [2.45, 2.75) is 19.1 Å². The minimum Gasteiger partial charge on any atom is -0.368 e. The number of aromatic nitrogens is 2. The number of hydrogen-bond donors (Lipinski definition) is 1. The van der Waals surface area contributed by atoms with Crippen molar-refractivity contribution in [2.75, 3.05) is 5.73 Å². The summed E-state index contributed by atoms with van der Waals surface area (Å²) >= 11 is 0. The van der Waals surface area contributed by atoms with E-state index in [4.69, 9.17) is 5.73 Å². The number of anilines is 1. The van der Waals surface area contributed by atoms with Gasteiger partial charge in [0.15, 0.2) is 0 Å². The maximum absolute atomic E-state index is 12.7. The average Bonchev–Trinajstić information content (AvgIpc) is 2.95. The summed E-state index contributed by atoms with van der Waals surface area (Å²) in [5.74, 6) is -0.0728. The van der Waals surface area contributed by atoms with Crippen LogP contribution in [0.1, 0.15) is 25.0 Å². The molecular weight excluding hydrogens is 348 g/mol. The predicted octanol–water partition coefficient (Wildman–Crippen LogP) is 3.16. The van der Waals surface area contributed by atoms with Gasteiger partial charge >= 0.3 is 0 Å². The van der Waals surface area contributed by atoms with Crippen molar-refractivity contribution < 1.29 is 8.42 Å². The van der Waals surface area contributed by atoms with E-state index in [2.05, 4.69) is 11.1 Å². The summed E-state index contributed by atoms with van der Waals surface area (Å²) in [4.78, 5) is 4.16. The number of allylic oxidation sites excluding steroid dienone is 1. The molecule has 132 valence electrons. The zero-order valence-electron chi connectivity index (χ0n) is 14.4. The Labute approximate surface area is 152 Å². The molecule has 2 aromatic carbocycles. The Morgan fingerprint density at radius 2 is 1.88 bits per heavy atom. The van der Waals surface area contributed by atoms with Crippen LogP contribution < -0.4 is 5.73 Å². The van der Waals surface area contributed by atoms with Gasteiger partial charge in [-0.25, -0.2) is 17.4 Å². The molecule has 0 spiro atoms. The second kappa shape index (κ2) is 6.65. The summed E-state index contributed by atoms with van der Waals surface area (Å²) < 4.78 is 26.4. The van der Waals surface area contributed by atoms with Crippen molar-refractivity contribution in [2.24, 2.45) is 0 Å². The van der Waals surface area contributed by atoms with Gasteiger partial charge in [-0.1, -0.05) is 36.4 Å². The van der Waals surface area contributed by atoms with Crippen LogP contribution in [-0.2, 0) is 10.0 Å². The van der Waals surface area contributed by atoms with Crippen LogP contribution in [0.15, 0.2) is 54.6 Å². The van der Waals surface area contributed by atoms with Crippen LogP contribution in [-0.4, -0.2) is 22.6 Å². The second-order valence-corrected chi connectivity index (χ2v) is 8.42. The lowest BCUT2D eigenvalue weighted by Gasteiger charge is -2.12. The number of benzene rings is 2. The maximum atomic E-state index is 12.7. The largest absolute Gasteiger partial charge is 0.368 e. The quantitative estimate of drug-likeness (QED) is 0.715. The zero-order chi connectivity index (χ0) is 18.9. The molecule has 7 heteroatoms. The highest BCUT2D eigenvalue weighted by molar-refractivity contribution is 7.90. The van der Waals surface area contributed by atoms with Crippen molar-refractivity contribution in [3.05, 3.63) is 65.7 Å². The Morgan fingerprint density at radius 1 is 1.19 bits per heavy atom. The van der Waals surface area contributed by atoms with Crippen LogP contribution in [0.5, 0.6) is 0 Å². The number of nitrogens with zero attached hydrogens (tertiary/aromatic N) is 3. The molecule has 3 aromatic rings. The van der Waals surface area contributed by atoms with Gasteiger partial charge in [-0.3, -0.25) is 0 Å². The van der Waals surface area contributed by atoms with E-state index >= 15 is 0 Å². The Kier molecular flexibility index (Phi) is 4.53. The minimum atomic E-state index is -3.67. The smallest absolute Gasteiger partial charge is 0.244 e. The fourth-order valence-electron chi connectivity index (χ4n) is 2.73. The summed E-state index contributed by atoms with van der Waals surface area (Å²) in [6.07, 6.45) is 1.44. The summed E-state index contributed by atoms with van der Waals surface area (Å²) in [5, 5.41) is 8.53. The van der Waals surface area contributed by atoms with Gasteiger partial charge in [-0.15, -0.1) is 0 Å². The van der Waals surface area contributed by atoms with Gasteiger partial charge in [0.05, 0.1) is 22.4 Å². The van der Waals surface area contributed by atoms with Gasteiger partial charge in [0.25, 0.3) is 0 Å². The maximum Gasteiger partial charge on any atom is 0.244 e. The zero-order valence-corrected chi connectivity index (χ0v) is 15.2. The standard InChI is InChI=1S/C19H18N4O2S/c1-13(2)26(24,25)23-18-12-15(8-9-17(18)22-19(23)21)16(10-11-20)14-6-4-3-5-7-14/h3-10,12-13H,1-2H3,(H2,21,22)/b16-10+. The third kappa shape index (κ3) is 2.95. The highest BCUT2D eigenvalue weighted by atomic mass is 32.2. The first kappa shape index (κ1) is 17.7. The van der Waals surface area contributed by atoms with E-state index in [0.717, 1.165) is 9.54 Å². The van der Waals surface area contributed by atoms with Crippen LogP contribution >= 0.6 is 0 Å². The molecule has 6 nitrogen and oxygen atoms in total. The first-order chi connectivity index (χ1) is 12.4. The third-order valence-electron chi connectivity index (χ3n) is 4.09. The molecule has 26 heavy (non-hydrogen) atoms. The van der Waals surface area contributed by atoms with E-state index in [1.807, 2.05) is 30.3 Å². The molecule has 0 atom stereocenters. The monoisotopic (exact) mass is 366 g/mol. The molecule has 0 unspecified atom stereocenters. The van der Waals surface area contributed by atoms with Gasteiger partial charge < -0.3 is 5.73 Å². The molecular formula is C19H18N4O2S. The first-order valence-electron chi connectivity index (χ1n) is 8.04. The van der Waals surface area contributed by atoms with Crippen LogP contribution in [0.3, 0.4) is 0 Å². The SMILES string of the molecule is CC(C)S(=O)(=O)n1c(N)nc2ccc(/C(=C/C#N)c3ccccc3)cc21. The van der Waals surface area contributed by atoms with Crippen LogP contribution in [0.2, 0.25) is 0 Å². The Hall–Kier alpha value is -3.11. The van der Waals surface area contributed by atoms with Crippen LogP contribution in [0, 0.1) is 11.3 Å². The van der Waals surface area contributed by atoms with Gasteiger partial charge in [0, 0.05) is 6.08 Å². The van der Waals surface area contributed by atoms with Gasteiger partial charge in [-0.2, -0.15) is 5.26 Å². The lowest BCUT2D eigenvalue weighted by molar-refractivity contribution is 0.580. The molecule has 0 aliphatic heterocycles. The van der Waals surface area contributed by atoms with E-state index in [1.54, 1.807) is 32.0 Å². The number of imidazole rings is 1. The van der Waals surface area contributed by atoms with Gasteiger partial charge in [0.2, 0.25) is 16.0 Å². The summed E-state index contributed by atoms with van der Waals surface area (Å²) in [5.41, 5.74) is 9.03. The Bertz CT molecular complexity index is 1140. The highest BCUT2D eigenvalue weighted by Gasteiger charge is 2.24. The summed E-state index contributed by atoms with van der Waals surface area (Å²) in [7, 11) is -3.67. The lowest BCUT2D eigenvalue weighted by atomic mass is 9.97. The van der Waals surface area contributed by atoms with Crippen molar-refractivity contribution >= 4 is 32.6 Å². The van der Waals surface area contributed by atoms with Crippen molar-refractivity contribution in [3.8, 4) is 6.07 Å². The molecule has 0 radical (unpaired) electrons. The van der Waals surface area contributed by atoms with Crippen molar-refractivity contribution in [1.29, 1.82) is 5.26 Å². The molecule has 0 saturated heterocycles. The molecule has 0 saturated carbocycles. The number of nitrogens with two attached hydrogens (primary N) is 1. The van der Waals surface area contributed by atoms with E-state index in [-0.39, 0.29) is 5.95 Å². The van der Waals surface area contributed by atoms with E-state index in [1.165, 1.54) is 6.08 Å². The number of hydrogen-bond acceptors (Lipinski definition) is 5. The van der Waals surface area contributed by atoms with E-state index in [0.29, 0.717) is 22.2 Å². The number of nitriles is 1.